The van der Waals surface area contributed by atoms with Gasteiger partial charge < -0.3 is 10.1 Å². The Balaban J connectivity index is 1.64. The van der Waals surface area contributed by atoms with Crippen LogP contribution in [0.15, 0.2) is 53.6 Å². The van der Waals surface area contributed by atoms with E-state index in [1.165, 1.54) is 16.4 Å². The molecule has 1 fully saturated rings. The minimum absolute atomic E-state index is 0.100. The van der Waals surface area contributed by atoms with Crippen molar-refractivity contribution in [1.82, 2.24) is 9.29 Å². The minimum atomic E-state index is -3.67. The van der Waals surface area contributed by atoms with Crippen LogP contribution in [-0.4, -0.2) is 49.9 Å². The Morgan fingerprint density at radius 1 is 1.10 bits per heavy atom. The molecular formula is C22H23N3O4S. The van der Waals surface area contributed by atoms with E-state index in [1.807, 2.05) is 26.0 Å². The Bertz CT molecular complexity index is 1220. The number of anilines is 1. The Labute approximate surface area is 175 Å². The fourth-order valence-electron chi connectivity index (χ4n) is 3.65. The summed E-state index contributed by atoms with van der Waals surface area (Å²) in [5, 5.41) is 3.75. The molecule has 0 unspecified atom stereocenters. The lowest BCUT2D eigenvalue weighted by Gasteiger charge is -2.26. The molecule has 1 aliphatic rings. The van der Waals surface area contributed by atoms with Crippen molar-refractivity contribution in [2.45, 2.75) is 18.7 Å². The largest absolute Gasteiger partial charge is 0.379 e. The van der Waals surface area contributed by atoms with Crippen molar-refractivity contribution in [2.24, 2.45) is 0 Å². The van der Waals surface area contributed by atoms with Crippen molar-refractivity contribution in [3.8, 4) is 0 Å². The molecule has 0 aliphatic carbocycles. The predicted molar refractivity (Wildman–Crippen MR) is 115 cm³/mol. The number of nitrogens with zero attached hydrogens (tertiary/aromatic N) is 2. The molecule has 1 aromatic heterocycles. The van der Waals surface area contributed by atoms with E-state index < -0.39 is 10.0 Å². The zero-order valence-corrected chi connectivity index (χ0v) is 17.7. The summed E-state index contributed by atoms with van der Waals surface area (Å²) in [5.41, 5.74) is 3.83. The Morgan fingerprint density at radius 3 is 2.63 bits per heavy atom. The van der Waals surface area contributed by atoms with Crippen LogP contribution in [0.3, 0.4) is 0 Å². The van der Waals surface area contributed by atoms with Gasteiger partial charge >= 0.3 is 0 Å². The maximum absolute atomic E-state index is 12.9. The quantitative estimate of drug-likeness (QED) is 0.694. The van der Waals surface area contributed by atoms with Crippen LogP contribution in [0.1, 0.15) is 21.5 Å². The van der Waals surface area contributed by atoms with Crippen LogP contribution >= 0.6 is 0 Å². The van der Waals surface area contributed by atoms with Crippen molar-refractivity contribution >= 4 is 32.5 Å². The standard InChI is InChI=1S/C22H23N3O4S/c1-15-12-16(2)21-19(13-15)20(6-7-23-21)24-22(26)17-4-3-5-18(14-17)30(27,28)25-8-10-29-11-9-25/h3-7,12-14H,8-11H2,1-2H3,(H,23,24,26). The van der Waals surface area contributed by atoms with Gasteiger partial charge in [-0.15, -0.1) is 0 Å². The first-order chi connectivity index (χ1) is 14.4. The number of benzene rings is 2. The molecule has 1 saturated heterocycles. The van der Waals surface area contributed by atoms with E-state index in [1.54, 1.807) is 24.4 Å². The fourth-order valence-corrected chi connectivity index (χ4v) is 5.10. The second-order valence-corrected chi connectivity index (χ2v) is 9.27. The highest BCUT2D eigenvalue weighted by Crippen LogP contribution is 2.26. The van der Waals surface area contributed by atoms with E-state index in [4.69, 9.17) is 4.74 Å². The molecule has 8 heteroatoms. The molecule has 3 aromatic rings. The number of amides is 1. The summed E-state index contributed by atoms with van der Waals surface area (Å²) in [7, 11) is -3.67. The third-order valence-electron chi connectivity index (χ3n) is 5.13. The number of rotatable bonds is 4. The first-order valence-electron chi connectivity index (χ1n) is 9.71. The zero-order valence-electron chi connectivity index (χ0n) is 16.9. The average molecular weight is 426 g/mol. The summed E-state index contributed by atoms with van der Waals surface area (Å²) in [5.74, 6) is -0.374. The molecule has 0 saturated carbocycles. The number of aryl methyl sites for hydroxylation is 2. The SMILES string of the molecule is Cc1cc(C)c2nccc(NC(=O)c3cccc(S(=O)(=O)N4CCOCC4)c3)c2c1. The summed E-state index contributed by atoms with van der Waals surface area (Å²) in [4.78, 5) is 17.4. The van der Waals surface area contributed by atoms with E-state index in [2.05, 4.69) is 10.3 Å². The number of ether oxygens (including phenoxy) is 1. The predicted octanol–water partition coefficient (Wildman–Crippen LogP) is 3.12. The van der Waals surface area contributed by atoms with Crippen LogP contribution in [0.4, 0.5) is 5.69 Å². The van der Waals surface area contributed by atoms with Gasteiger partial charge in [0.15, 0.2) is 0 Å². The Morgan fingerprint density at radius 2 is 1.87 bits per heavy atom. The van der Waals surface area contributed by atoms with Crippen LogP contribution in [0, 0.1) is 13.8 Å². The molecule has 1 aliphatic heterocycles. The third kappa shape index (κ3) is 3.94. The van der Waals surface area contributed by atoms with Crippen LogP contribution in [-0.2, 0) is 14.8 Å². The monoisotopic (exact) mass is 425 g/mol. The first-order valence-corrected chi connectivity index (χ1v) is 11.2. The van der Waals surface area contributed by atoms with E-state index in [0.717, 1.165) is 22.0 Å². The smallest absolute Gasteiger partial charge is 0.255 e. The summed E-state index contributed by atoms with van der Waals surface area (Å²) in [6, 6.07) is 11.9. The summed E-state index contributed by atoms with van der Waals surface area (Å²) in [6.45, 7) is 5.32. The summed E-state index contributed by atoms with van der Waals surface area (Å²) < 4.78 is 32.4. The maximum Gasteiger partial charge on any atom is 0.255 e. The van der Waals surface area contributed by atoms with Gasteiger partial charge in [0.1, 0.15) is 0 Å². The second kappa shape index (κ2) is 8.14. The lowest BCUT2D eigenvalue weighted by atomic mass is 10.1. The van der Waals surface area contributed by atoms with E-state index >= 15 is 0 Å². The molecule has 0 atom stereocenters. The topological polar surface area (TPSA) is 88.6 Å². The van der Waals surface area contributed by atoms with Crippen LogP contribution in [0.5, 0.6) is 0 Å². The summed E-state index contributed by atoms with van der Waals surface area (Å²) in [6.07, 6.45) is 1.65. The minimum Gasteiger partial charge on any atom is -0.379 e. The van der Waals surface area contributed by atoms with Crippen molar-refractivity contribution in [3.05, 3.63) is 65.4 Å². The van der Waals surface area contributed by atoms with Gasteiger partial charge in [-0.05, 0) is 49.7 Å². The van der Waals surface area contributed by atoms with Crippen LogP contribution in [0.2, 0.25) is 0 Å². The number of morpholine rings is 1. The van der Waals surface area contributed by atoms with E-state index in [-0.39, 0.29) is 16.4 Å². The van der Waals surface area contributed by atoms with Gasteiger partial charge in [0.25, 0.3) is 5.91 Å². The van der Waals surface area contributed by atoms with Gasteiger partial charge in [0.05, 0.1) is 29.3 Å². The number of carbonyl (C=O) groups excluding carboxylic acids is 1. The third-order valence-corrected chi connectivity index (χ3v) is 7.03. The van der Waals surface area contributed by atoms with E-state index in [0.29, 0.717) is 32.0 Å². The van der Waals surface area contributed by atoms with Gasteiger partial charge in [-0.1, -0.05) is 17.7 Å². The molecule has 0 spiro atoms. The number of aromatic nitrogens is 1. The molecule has 1 N–H and O–H groups in total. The highest BCUT2D eigenvalue weighted by Gasteiger charge is 2.27. The number of sulfonamides is 1. The molecule has 4 rings (SSSR count). The van der Waals surface area contributed by atoms with Gasteiger partial charge in [0.2, 0.25) is 10.0 Å². The molecule has 2 heterocycles. The molecular weight excluding hydrogens is 402 g/mol. The molecule has 2 aromatic carbocycles. The maximum atomic E-state index is 12.9. The zero-order chi connectivity index (χ0) is 21.3. The second-order valence-electron chi connectivity index (χ2n) is 7.33. The molecule has 0 radical (unpaired) electrons. The van der Waals surface area contributed by atoms with Crippen molar-refractivity contribution in [2.75, 3.05) is 31.6 Å². The number of hydrogen-bond donors (Lipinski definition) is 1. The Hall–Kier alpha value is -2.81. The number of fused-ring (bicyclic) bond motifs is 1. The molecule has 1 amide bonds. The highest BCUT2D eigenvalue weighted by atomic mass is 32.2. The lowest BCUT2D eigenvalue weighted by molar-refractivity contribution is 0.0730. The normalized spacial score (nSPS) is 15.3. The Kier molecular flexibility index (Phi) is 5.55. The van der Waals surface area contributed by atoms with Crippen LogP contribution < -0.4 is 5.32 Å². The molecule has 7 nitrogen and oxygen atoms in total. The van der Waals surface area contributed by atoms with Gasteiger partial charge in [-0.25, -0.2) is 8.42 Å². The number of carbonyl (C=O) groups is 1. The van der Waals surface area contributed by atoms with Gasteiger partial charge in [-0.3, -0.25) is 9.78 Å². The number of nitrogens with one attached hydrogen (secondary N) is 1. The van der Waals surface area contributed by atoms with Gasteiger partial charge in [-0.2, -0.15) is 4.31 Å². The number of pyridine rings is 1. The van der Waals surface area contributed by atoms with Crippen molar-refractivity contribution in [3.63, 3.8) is 0 Å². The first kappa shape index (κ1) is 20.5. The molecule has 0 bridgehead atoms. The average Bonchev–Trinajstić information content (AvgIpc) is 2.75. The molecule has 30 heavy (non-hydrogen) atoms. The highest BCUT2D eigenvalue weighted by molar-refractivity contribution is 7.89. The van der Waals surface area contributed by atoms with Crippen LogP contribution in [0.25, 0.3) is 10.9 Å². The van der Waals surface area contributed by atoms with E-state index in [9.17, 15) is 13.2 Å². The van der Waals surface area contributed by atoms with Crippen molar-refractivity contribution < 1.29 is 17.9 Å². The lowest BCUT2D eigenvalue weighted by Crippen LogP contribution is -2.40. The molecule has 156 valence electrons. The van der Waals surface area contributed by atoms with Gasteiger partial charge in [0, 0.05) is 30.2 Å². The summed E-state index contributed by atoms with van der Waals surface area (Å²) >= 11 is 0. The fraction of sp³-hybridized carbons (Fsp3) is 0.273. The number of hydrogen-bond acceptors (Lipinski definition) is 5. The van der Waals surface area contributed by atoms with Crippen molar-refractivity contribution in [1.29, 1.82) is 0 Å².